The van der Waals surface area contributed by atoms with Crippen LogP contribution in [0.2, 0.25) is 0 Å². The van der Waals surface area contributed by atoms with Gasteiger partial charge in [0.15, 0.2) is 0 Å². The summed E-state index contributed by atoms with van der Waals surface area (Å²) in [4.78, 5) is 0. The molecule has 1 aliphatic rings. The van der Waals surface area contributed by atoms with Gasteiger partial charge in [0.2, 0.25) is 0 Å². The van der Waals surface area contributed by atoms with E-state index < -0.39 is 0 Å². The van der Waals surface area contributed by atoms with Crippen LogP contribution in [0.4, 0.5) is 0 Å². The van der Waals surface area contributed by atoms with E-state index in [0.29, 0.717) is 5.92 Å². The fourth-order valence-corrected chi connectivity index (χ4v) is 3.38. The van der Waals surface area contributed by atoms with Crippen molar-refractivity contribution in [2.75, 3.05) is 20.2 Å². The van der Waals surface area contributed by atoms with Gasteiger partial charge < -0.3 is 10.1 Å². The lowest BCUT2D eigenvalue weighted by atomic mass is 9.87. The Balaban J connectivity index is 2.17. The van der Waals surface area contributed by atoms with Gasteiger partial charge in [-0.25, -0.2) is 0 Å². The third kappa shape index (κ3) is 2.49. The van der Waals surface area contributed by atoms with E-state index in [9.17, 15) is 0 Å². The summed E-state index contributed by atoms with van der Waals surface area (Å²) >= 11 is 3.54. The Hall–Kier alpha value is -1.06. The highest BCUT2D eigenvalue weighted by molar-refractivity contribution is 9.10. The molecule has 0 radical (unpaired) electrons. The molecule has 1 unspecified atom stereocenters. The van der Waals surface area contributed by atoms with Crippen molar-refractivity contribution in [2.45, 2.75) is 18.8 Å². The Kier molecular flexibility index (Phi) is 3.76. The zero-order valence-electron chi connectivity index (χ0n) is 11.1. The van der Waals surface area contributed by atoms with Gasteiger partial charge in [-0.1, -0.05) is 28.1 Å². The minimum atomic E-state index is 0.550. The number of fused-ring (bicyclic) bond motifs is 1. The molecule has 3 rings (SSSR count). The SMILES string of the molecule is COc1ccc2cc(Br)ccc2c1C1CCCNC1. The monoisotopic (exact) mass is 319 g/mol. The zero-order valence-corrected chi connectivity index (χ0v) is 12.7. The van der Waals surface area contributed by atoms with E-state index in [-0.39, 0.29) is 0 Å². The summed E-state index contributed by atoms with van der Waals surface area (Å²) < 4.78 is 6.72. The largest absolute Gasteiger partial charge is 0.496 e. The molecule has 1 atom stereocenters. The molecule has 2 aromatic carbocycles. The van der Waals surface area contributed by atoms with E-state index in [1.54, 1.807) is 7.11 Å². The van der Waals surface area contributed by atoms with Gasteiger partial charge in [0.05, 0.1) is 7.11 Å². The van der Waals surface area contributed by atoms with Gasteiger partial charge in [0.25, 0.3) is 0 Å². The van der Waals surface area contributed by atoms with E-state index in [1.165, 1.54) is 29.2 Å². The normalized spacial score (nSPS) is 19.6. The summed E-state index contributed by atoms with van der Waals surface area (Å²) in [6.07, 6.45) is 2.47. The molecular formula is C16H18BrNO. The van der Waals surface area contributed by atoms with Crippen LogP contribution in [0.1, 0.15) is 24.3 Å². The van der Waals surface area contributed by atoms with E-state index in [0.717, 1.165) is 23.3 Å². The third-order valence-corrected chi connectivity index (χ3v) is 4.40. The molecule has 100 valence electrons. The van der Waals surface area contributed by atoms with Crippen molar-refractivity contribution in [2.24, 2.45) is 0 Å². The van der Waals surface area contributed by atoms with E-state index in [2.05, 4.69) is 51.6 Å². The molecule has 0 amide bonds. The van der Waals surface area contributed by atoms with Gasteiger partial charge >= 0.3 is 0 Å². The smallest absolute Gasteiger partial charge is 0.123 e. The maximum absolute atomic E-state index is 5.60. The highest BCUT2D eigenvalue weighted by atomic mass is 79.9. The predicted molar refractivity (Wildman–Crippen MR) is 83.0 cm³/mol. The first-order valence-corrected chi connectivity index (χ1v) is 7.56. The Bertz CT molecular complexity index is 591. The van der Waals surface area contributed by atoms with Crippen LogP contribution in [0, 0.1) is 0 Å². The zero-order chi connectivity index (χ0) is 13.2. The number of methoxy groups -OCH3 is 1. The van der Waals surface area contributed by atoms with Crippen molar-refractivity contribution in [1.82, 2.24) is 5.32 Å². The Morgan fingerprint density at radius 1 is 1.26 bits per heavy atom. The van der Waals surface area contributed by atoms with Crippen molar-refractivity contribution in [1.29, 1.82) is 0 Å². The molecule has 0 aliphatic carbocycles. The second-order valence-corrected chi connectivity index (χ2v) is 6.01. The molecule has 1 saturated heterocycles. The summed E-state index contributed by atoms with van der Waals surface area (Å²) in [5.74, 6) is 1.57. The minimum absolute atomic E-state index is 0.550. The topological polar surface area (TPSA) is 21.3 Å². The van der Waals surface area contributed by atoms with Crippen LogP contribution in [0.3, 0.4) is 0 Å². The number of benzene rings is 2. The van der Waals surface area contributed by atoms with Crippen molar-refractivity contribution in [3.63, 3.8) is 0 Å². The predicted octanol–water partition coefficient (Wildman–Crippen LogP) is 4.08. The molecule has 1 N–H and O–H groups in total. The summed E-state index contributed by atoms with van der Waals surface area (Å²) in [6.45, 7) is 2.18. The van der Waals surface area contributed by atoms with Gasteiger partial charge in [-0.2, -0.15) is 0 Å². The number of nitrogens with one attached hydrogen (secondary N) is 1. The average molecular weight is 320 g/mol. The van der Waals surface area contributed by atoms with Crippen molar-refractivity contribution < 1.29 is 4.74 Å². The molecule has 19 heavy (non-hydrogen) atoms. The summed E-state index contributed by atoms with van der Waals surface area (Å²) in [5, 5.41) is 6.09. The van der Waals surface area contributed by atoms with Crippen LogP contribution in [-0.2, 0) is 0 Å². The Labute approximate surface area is 122 Å². The molecule has 1 heterocycles. The average Bonchev–Trinajstić information content (AvgIpc) is 2.46. The molecule has 1 aliphatic heterocycles. The van der Waals surface area contributed by atoms with Crippen molar-refractivity contribution >= 4 is 26.7 Å². The lowest BCUT2D eigenvalue weighted by molar-refractivity contribution is 0.394. The molecule has 0 saturated carbocycles. The van der Waals surface area contributed by atoms with Crippen molar-refractivity contribution in [3.05, 3.63) is 40.4 Å². The van der Waals surface area contributed by atoms with Gasteiger partial charge in [-0.15, -0.1) is 0 Å². The first-order valence-electron chi connectivity index (χ1n) is 6.76. The number of piperidine rings is 1. The summed E-state index contributed by atoms with van der Waals surface area (Å²) in [6, 6.07) is 10.7. The molecule has 3 heteroatoms. The number of hydrogen-bond acceptors (Lipinski definition) is 2. The van der Waals surface area contributed by atoms with Crippen LogP contribution in [-0.4, -0.2) is 20.2 Å². The number of rotatable bonds is 2. The second kappa shape index (κ2) is 5.51. The standard InChI is InChI=1S/C16H18BrNO/c1-19-15-7-4-11-9-13(17)5-6-14(11)16(15)12-3-2-8-18-10-12/h4-7,9,12,18H,2-3,8,10H2,1H3. The number of halogens is 1. The second-order valence-electron chi connectivity index (χ2n) is 5.09. The third-order valence-electron chi connectivity index (χ3n) is 3.91. The molecule has 2 nitrogen and oxygen atoms in total. The molecule has 0 spiro atoms. The first kappa shape index (κ1) is 12.9. The molecular weight excluding hydrogens is 302 g/mol. The highest BCUT2D eigenvalue weighted by Crippen LogP contribution is 2.37. The number of ether oxygens (including phenoxy) is 1. The van der Waals surface area contributed by atoms with Gasteiger partial charge in [0.1, 0.15) is 5.75 Å². The Morgan fingerprint density at radius 3 is 2.89 bits per heavy atom. The van der Waals surface area contributed by atoms with Gasteiger partial charge in [0, 0.05) is 22.5 Å². The summed E-state index contributed by atoms with van der Waals surface area (Å²) in [7, 11) is 1.76. The fourth-order valence-electron chi connectivity index (χ4n) is 3.00. The van der Waals surface area contributed by atoms with E-state index >= 15 is 0 Å². The van der Waals surface area contributed by atoms with Crippen molar-refractivity contribution in [3.8, 4) is 5.75 Å². The van der Waals surface area contributed by atoms with Gasteiger partial charge in [-0.05, 0) is 48.4 Å². The fraction of sp³-hybridized carbons (Fsp3) is 0.375. The van der Waals surface area contributed by atoms with Gasteiger partial charge in [-0.3, -0.25) is 0 Å². The number of hydrogen-bond donors (Lipinski definition) is 1. The highest BCUT2D eigenvalue weighted by Gasteiger charge is 2.21. The lowest BCUT2D eigenvalue weighted by Gasteiger charge is -2.26. The molecule has 0 aromatic heterocycles. The minimum Gasteiger partial charge on any atom is -0.496 e. The lowest BCUT2D eigenvalue weighted by Crippen LogP contribution is -2.28. The molecule has 1 fully saturated rings. The Morgan fingerprint density at radius 2 is 2.16 bits per heavy atom. The van der Waals surface area contributed by atoms with Crippen LogP contribution >= 0.6 is 15.9 Å². The van der Waals surface area contributed by atoms with Crippen LogP contribution in [0.25, 0.3) is 10.8 Å². The summed E-state index contributed by atoms with van der Waals surface area (Å²) in [5.41, 5.74) is 1.36. The first-order chi connectivity index (χ1) is 9.29. The van der Waals surface area contributed by atoms with E-state index in [4.69, 9.17) is 4.74 Å². The van der Waals surface area contributed by atoms with Crippen LogP contribution in [0.15, 0.2) is 34.8 Å². The molecule has 2 aromatic rings. The van der Waals surface area contributed by atoms with Crippen LogP contribution in [0.5, 0.6) is 5.75 Å². The van der Waals surface area contributed by atoms with E-state index in [1.807, 2.05) is 0 Å². The molecule has 0 bridgehead atoms. The quantitative estimate of drug-likeness (QED) is 0.900. The maximum atomic E-state index is 5.60. The van der Waals surface area contributed by atoms with Crippen LogP contribution < -0.4 is 10.1 Å². The maximum Gasteiger partial charge on any atom is 0.123 e.